The molecule has 88 valence electrons. The molecule has 1 rings (SSSR count). The highest BCUT2D eigenvalue weighted by atomic mass is 127. The smallest absolute Gasteiger partial charge is 0.369 e. The van der Waals surface area contributed by atoms with Crippen LogP contribution in [0.25, 0.3) is 0 Å². The molecule has 0 radical (unpaired) electrons. The summed E-state index contributed by atoms with van der Waals surface area (Å²) in [7, 11) is 0. The fraction of sp³-hybridized carbons (Fsp3) is 0.182. The van der Waals surface area contributed by atoms with Crippen LogP contribution in [0.4, 0.5) is 5.69 Å². The van der Waals surface area contributed by atoms with Crippen LogP contribution in [0.2, 0.25) is 0 Å². The van der Waals surface area contributed by atoms with Crippen molar-refractivity contribution in [3.8, 4) is 6.07 Å². The van der Waals surface area contributed by atoms with E-state index in [9.17, 15) is 4.79 Å². The van der Waals surface area contributed by atoms with Gasteiger partial charge in [-0.3, -0.25) is 5.43 Å². The fourth-order valence-electron chi connectivity index (χ4n) is 0.961. The molecule has 0 unspecified atom stereocenters. The summed E-state index contributed by atoms with van der Waals surface area (Å²) >= 11 is 2.18. The van der Waals surface area contributed by atoms with E-state index in [0.29, 0.717) is 5.69 Å². The predicted molar refractivity (Wildman–Crippen MR) is 72.5 cm³/mol. The maximum atomic E-state index is 11.2. The zero-order valence-electron chi connectivity index (χ0n) is 9.11. The minimum absolute atomic E-state index is 0.211. The maximum Gasteiger partial charge on any atom is 0.369 e. The van der Waals surface area contributed by atoms with Crippen molar-refractivity contribution in [2.45, 2.75) is 6.92 Å². The van der Waals surface area contributed by atoms with Gasteiger partial charge in [0.25, 0.3) is 0 Å². The van der Waals surface area contributed by atoms with E-state index in [1.165, 1.54) is 0 Å². The standard InChI is InChI=1S/C11H10IN3O2/c1-2-17-11(16)10(7-13)15-14-9-5-3-8(12)4-6-9/h3-6,14H,2H2,1H3/b15-10-. The Morgan fingerprint density at radius 2 is 2.18 bits per heavy atom. The van der Waals surface area contributed by atoms with E-state index in [-0.39, 0.29) is 12.3 Å². The molecule has 1 aromatic rings. The second kappa shape index (κ2) is 6.85. The largest absolute Gasteiger partial charge is 0.461 e. The number of benzene rings is 1. The molecule has 0 heterocycles. The van der Waals surface area contributed by atoms with E-state index in [0.717, 1.165) is 3.57 Å². The number of rotatable bonds is 4. The van der Waals surface area contributed by atoms with Crippen LogP contribution < -0.4 is 5.43 Å². The summed E-state index contributed by atoms with van der Waals surface area (Å²) in [6.07, 6.45) is 0. The molecule has 0 aliphatic heterocycles. The molecule has 0 saturated heterocycles. The van der Waals surface area contributed by atoms with Gasteiger partial charge >= 0.3 is 5.97 Å². The molecular weight excluding hydrogens is 333 g/mol. The van der Waals surface area contributed by atoms with Crippen LogP contribution in [-0.4, -0.2) is 18.3 Å². The predicted octanol–water partition coefficient (Wildman–Crippen LogP) is 2.15. The van der Waals surface area contributed by atoms with Crippen molar-refractivity contribution in [2.75, 3.05) is 12.0 Å². The molecule has 1 N–H and O–H groups in total. The lowest BCUT2D eigenvalue weighted by Crippen LogP contribution is -2.17. The van der Waals surface area contributed by atoms with Gasteiger partial charge in [0.05, 0.1) is 12.3 Å². The van der Waals surface area contributed by atoms with E-state index in [1.54, 1.807) is 25.1 Å². The van der Waals surface area contributed by atoms with Crippen LogP contribution in [0, 0.1) is 14.9 Å². The molecule has 0 amide bonds. The Bertz CT molecular complexity index is 463. The molecule has 0 atom stereocenters. The number of nitriles is 1. The third-order valence-corrected chi connectivity index (χ3v) is 2.43. The number of hydrogen-bond acceptors (Lipinski definition) is 5. The maximum absolute atomic E-state index is 11.2. The van der Waals surface area contributed by atoms with Crippen LogP contribution >= 0.6 is 22.6 Å². The molecule has 0 aliphatic rings. The molecule has 0 fully saturated rings. The lowest BCUT2D eigenvalue weighted by Gasteiger charge is -2.01. The quantitative estimate of drug-likeness (QED) is 0.393. The van der Waals surface area contributed by atoms with Gasteiger partial charge in [0.1, 0.15) is 6.07 Å². The molecule has 0 aliphatic carbocycles. The number of halogens is 1. The number of esters is 1. The first kappa shape index (κ1) is 13.4. The lowest BCUT2D eigenvalue weighted by atomic mass is 10.3. The van der Waals surface area contributed by atoms with Crippen LogP contribution in [-0.2, 0) is 9.53 Å². The minimum atomic E-state index is -0.729. The molecule has 0 saturated carbocycles. The fourth-order valence-corrected chi connectivity index (χ4v) is 1.32. The number of nitrogens with one attached hydrogen (secondary N) is 1. The van der Waals surface area contributed by atoms with Crippen LogP contribution in [0.15, 0.2) is 29.4 Å². The Hall–Kier alpha value is -1.62. The summed E-state index contributed by atoms with van der Waals surface area (Å²) in [5.74, 6) is -0.729. The van der Waals surface area contributed by atoms with Gasteiger partial charge in [0.15, 0.2) is 0 Å². The van der Waals surface area contributed by atoms with Gasteiger partial charge in [0.2, 0.25) is 5.71 Å². The summed E-state index contributed by atoms with van der Waals surface area (Å²) in [4.78, 5) is 11.2. The highest BCUT2D eigenvalue weighted by molar-refractivity contribution is 14.1. The molecule has 5 nitrogen and oxygen atoms in total. The highest BCUT2D eigenvalue weighted by Gasteiger charge is 2.11. The first-order valence-corrected chi connectivity index (χ1v) is 5.91. The van der Waals surface area contributed by atoms with Gasteiger partial charge < -0.3 is 4.74 Å². The average molecular weight is 343 g/mol. The van der Waals surface area contributed by atoms with E-state index >= 15 is 0 Å². The highest BCUT2D eigenvalue weighted by Crippen LogP contribution is 2.10. The summed E-state index contributed by atoms with van der Waals surface area (Å²) in [5.41, 5.74) is 3.02. The summed E-state index contributed by atoms with van der Waals surface area (Å²) < 4.78 is 5.76. The normalized spacial score (nSPS) is 10.5. The van der Waals surface area contributed by atoms with Crippen LogP contribution in [0.3, 0.4) is 0 Å². The van der Waals surface area contributed by atoms with Crippen molar-refractivity contribution in [1.29, 1.82) is 5.26 Å². The van der Waals surface area contributed by atoms with Gasteiger partial charge in [-0.25, -0.2) is 4.79 Å². The van der Waals surface area contributed by atoms with Crippen molar-refractivity contribution < 1.29 is 9.53 Å². The zero-order valence-corrected chi connectivity index (χ0v) is 11.3. The Balaban J connectivity index is 2.71. The zero-order chi connectivity index (χ0) is 12.7. The minimum Gasteiger partial charge on any atom is -0.461 e. The van der Waals surface area contributed by atoms with Gasteiger partial charge in [-0.15, -0.1) is 0 Å². The van der Waals surface area contributed by atoms with Gasteiger partial charge in [-0.2, -0.15) is 10.4 Å². The number of nitrogens with zero attached hydrogens (tertiary/aromatic N) is 2. The summed E-state index contributed by atoms with van der Waals surface area (Å²) in [6.45, 7) is 1.88. The SMILES string of the molecule is CCOC(=O)/C(C#N)=N\Nc1ccc(I)cc1. The number of carbonyl (C=O) groups excluding carboxylic acids is 1. The van der Waals surface area contributed by atoms with Crippen molar-refractivity contribution >= 4 is 40.0 Å². The monoisotopic (exact) mass is 343 g/mol. The lowest BCUT2D eigenvalue weighted by molar-refractivity contribution is -0.134. The number of ether oxygens (including phenoxy) is 1. The third-order valence-electron chi connectivity index (χ3n) is 1.72. The number of carbonyl (C=O) groups is 1. The van der Waals surface area contributed by atoms with E-state index in [4.69, 9.17) is 5.26 Å². The molecule has 0 spiro atoms. The molecule has 1 aromatic carbocycles. The van der Waals surface area contributed by atoms with Crippen LogP contribution in [0.5, 0.6) is 0 Å². The van der Waals surface area contributed by atoms with E-state index in [2.05, 4.69) is 37.9 Å². The molecular formula is C11H10IN3O2. The molecule has 6 heteroatoms. The molecule has 0 bridgehead atoms. The Kier molecular flexibility index (Phi) is 5.42. The molecule has 0 aromatic heterocycles. The Labute approximate surface area is 113 Å². The second-order valence-corrected chi connectivity index (χ2v) is 4.16. The Morgan fingerprint density at radius 1 is 1.53 bits per heavy atom. The summed E-state index contributed by atoms with van der Waals surface area (Å²) in [5, 5.41) is 12.4. The van der Waals surface area contributed by atoms with Gasteiger partial charge in [-0.05, 0) is 53.8 Å². The first-order chi connectivity index (χ1) is 8.17. The second-order valence-electron chi connectivity index (χ2n) is 2.91. The van der Waals surface area contributed by atoms with E-state index < -0.39 is 5.97 Å². The topological polar surface area (TPSA) is 74.5 Å². The number of hydrazone groups is 1. The average Bonchev–Trinajstić information content (AvgIpc) is 2.32. The Morgan fingerprint density at radius 3 is 2.71 bits per heavy atom. The van der Waals surface area contributed by atoms with Crippen molar-refractivity contribution in [3.63, 3.8) is 0 Å². The third kappa shape index (κ3) is 4.40. The van der Waals surface area contributed by atoms with Crippen molar-refractivity contribution in [3.05, 3.63) is 27.8 Å². The van der Waals surface area contributed by atoms with E-state index in [1.807, 2.05) is 12.1 Å². The van der Waals surface area contributed by atoms with Crippen molar-refractivity contribution in [2.24, 2.45) is 5.10 Å². The van der Waals surface area contributed by atoms with Crippen molar-refractivity contribution in [1.82, 2.24) is 0 Å². The van der Waals surface area contributed by atoms with Crippen LogP contribution in [0.1, 0.15) is 6.92 Å². The van der Waals surface area contributed by atoms with Gasteiger partial charge in [0, 0.05) is 3.57 Å². The first-order valence-electron chi connectivity index (χ1n) is 4.84. The van der Waals surface area contributed by atoms with Gasteiger partial charge in [-0.1, -0.05) is 0 Å². The summed E-state index contributed by atoms with van der Waals surface area (Å²) in [6, 6.07) is 9.04. The number of anilines is 1. The molecule has 17 heavy (non-hydrogen) atoms. The number of hydrogen-bond donors (Lipinski definition) is 1.